The van der Waals surface area contributed by atoms with Gasteiger partial charge in [0, 0.05) is 11.8 Å². The van der Waals surface area contributed by atoms with E-state index in [1.165, 1.54) is 0 Å². The van der Waals surface area contributed by atoms with Crippen LogP contribution in [-0.4, -0.2) is 41.7 Å². The predicted molar refractivity (Wildman–Crippen MR) is 131 cm³/mol. The molecule has 3 amide bonds. The minimum Gasteiger partial charge on any atom is -0.454 e. The summed E-state index contributed by atoms with van der Waals surface area (Å²) in [5.74, 6) is -3.77. The number of carbonyl (C=O) groups is 4. The van der Waals surface area contributed by atoms with Crippen LogP contribution >= 0.6 is 11.6 Å². The summed E-state index contributed by atoms with van der Waals surface area (Å²) in [4.78, 5) is 52.8. The van der Waals surface area contributed by atoms with Crippen molar-refractivity contribution in [3.05, 3.63) is 100 Å². The molecule has 2 atom stereocenters. The number of anilines is 1. The average molecular weight is 501 g/mol. The maximum atomic E-state index is 13.5. The van der Waals surface area contributed by atoms with Gasteiger partial charge in [-0.2, -0.15) is 0 Å². The fraction of sp³-hybridized carbons (Fsp3) is 0.214. The van der Waals surface area contributed by atoms with Gasteiger partial charge in [-0.1, -0.05) is 72.3 Å². The van der Waals surface area contributed by atoms with E-state index < -0.39 is 36.9 Å². The number of hydrogen-bond donors (Lipinski definition) is 1. The molecular weight excluding hydrogens is 480 g/mol. The smallest absolute Gasteiger partial charge is 0.326 e. The number of benzene rings is 3. The average Bonchev–Trinajstić information content (AvgIpc) is 3.14. The topological polar surface area (TPSA) is 92.8 Å². The van der Waals surface area contributed by atoms with Gasteiger partial charge in [0.1, 0.15) is 6.54 Å². The lowest BCUT2D eigenvalue weighted by Crippen LogP contribution is -2.41. The van der Waals surface area contributed by atoms with Gasteiger partial charge < -0.3 is 10.1 Å². The van der Waals surface area contributed by atoms with Crippen LogP contribution in [0.4, 0.5) is 5.69 Å². The molecule has 2 bridgehead atoms. The minimum atomic E-state index is -0.827. The molecule has 3 aromatic rings. The fourth-order valence-electron chi connectivity index (χ4n) is 5.96. The van der Waals surface area contributed by atoms with E-state index in [0.29, 0.717) is 10.7 Å². The van der Waals surface area contributed by atoms with Crippen molar-refractivity contribution in [2.24, 2.45) is 11.8 Å². The van der Waals surface area contributed by atoms with Crippen molar-refractivity contribution in [3.8, 4) is 0 Å². The number of rotatable bonds is 5. The zero-order valence-corrected chi connectivity index (χ0v) is 19.8. The van der Waals surface area contributed by atoms with Gasteiger partial charge in [0.15, 0.2) is 6.61 Å². The van der Waals surface area contributed by atoms with Crippen LogP contribution < -0.4 is 5.32 Å². The Kier molecular flexibility index (Phi) is 5.38. The number of hydrogen-bond acceptors (Lipinski definition) is 5. The molecule has 7 nitrogen and oxygen atoms in total. The second kappa shape index (κ2) is 8.60. The largest absolute Gasteiger partial charge is 0.454 e. The number of ether oxygens (including phenoxy) is 1. The van der Waals surface area contributed by atoms with Gasteiger partial charge in [0.05, 0.1) is 22.5 Å². The van der Waals surface area contributed by atoms with E-state index in [0.717, 1.165) is 27.2 Å². The van der Waals surface area contributed by atoms with Crippen molar-refractivity contribution >= 4 is 41.0 Å². The Morgan fingerprint density at radius 3 is 1.75 bits per heavy atom. The summed E-state index contributed by atoms with van der Waals surface area (Å²) < 4.78 is 5.08. The molecule has 0 saturated carbocycles. The number of nitrogens with one attached hydrogen (secondary N) is 1. The monoisotopic (exact) mass is 500 g/mol. The first-order chi connectivity index (χ1) is 17.5. The lowest BCUT2D eigenvalue weighted by atomic mass is 9.55. The highest BCUT2D eigenvalue weighted by Gasteiger charge is 2.61. The molecule has 0 unspecified atom stereocenters. The lowest BCUT2D eigenvalue weighted by Gasteiger charge is -2.45. The van der Waals surface area contributed by atoms with Crippen LogP contribution in [0.15, 0.2) is 72.8 Å². The van der Waals surface area contributed by atoms with Gasteiger partial charge in [-0.3, -0.25) is 24.1 Å². The molecule has 0 radical (unpaired) electrons. The van der Waals surface area contributed by atoms with Crippen LogP contribution in [0.3, 0.4) is 0 Å². The normalized spacial score (nSPS) is 23.1. The van der Waals surface area contributed by atoms with E-state index in [9.17, 15) is 19.2 Å². The van der Waals surface area contributed by atoms with E-state index in [4.69, 9.17) is 16.3 Å². The van der Waals surface area contributed by atoms with Crippen molar-refractivity contribution in [1.82, 2.24) is 4.90 Å². The Morgan fingerprint density at radius 1 is 0.778 bits per heavy atom. The van der Waals surface area contributed by atoms with E-state index in [-0.39, 0.29) is 23.7 Å². The Bertz CT molecular complexity index is 1320. The number of para-hydroxylation sites is 1. The SMILES string of the molecule is O=C(COC(=O)CN1C(=O)[C@@H]2C3c4ccccc4C(c4ccccc43)[C@@H]2C1=O)Nc1ccccc1Cl. The third-order valence-corrected chi connectivity index (χ3v) is 7.67. The van der Waals surface area contributed by atoms with Crippen LogP contribution in [-0.2, 0) is 23.9 Å². The molecule has 1 fully saturated rings. The number of amides is 3. The molecule has 180 valence electrons. The molecule has 0 spiro atoms. The standard InChI is InChI=1S/C28H21ClN2O5/c29-19-11-5-6-12-20(19)30-21(32)14-36-22(33)13-31-27(34)25-23-15-7-1-2-8-16(15)24(26(25)28(31)35)18-10-4-3-9-17(18)23/h1-12,23-26H,13-14H2,(H,30,32)/t23?,24?,25-,26+. The van der Waals surface area contributed by atoms with Crippen LogP contribution in [0.1, 0.15) is 34.1 Å². The molecule has 3 aliphatic carbocycles. The molecule has 1 aliphatic heterocycles. The summed E-state index contributed by atoms with van der Waals surface area (Å²) in [7, 11) is 0. The Morgan fingerprint density at radius 2 is 1.25 bits per heavy atom. The number of halogens is 1. The van der Waals surface area contributed by atoms with Gasteiger partial charge in [0.25, 0.3) is 5.91 Å². The van der Waals surface area contributed by atoms with Crippen molar-refractivity contribution in [3.63, 3.8) is 0 Å². The summed E-state index contributed by atoms with van der Waals surface area (Å²) in [6.07, 6.45) is 0. The zero-order chi connectivity index (χ0) is 25.0. The molecule has 1 N–H and O–H groups in total. The molecule has 4 aliphatic rings. The van der Waals surface area contributed by atoms with E-state index >= 15 is 0 Å². The van der Waals surface area contributed by atoms with Crippen LogP contribution in [0.5, 0.6) is 0 Å². The summed E-state index contributed by atoms with van der Waals surface area (Å²) >= 11 is 6.03. The Balaban J connectivity index is 1.19. The summed E-state index contributed by atoms with van der Waals surface area (Å²) in [5, 5.41) is 2.91. The molecular formula is C28H21ClN2O5. The van der Waals surface area contributed by atoms with Gasteiger partial charge in [-0.25, -0.2) is 0 Å². The number of imide groups is 1. The molecule has 1 saturated heterocycles. The quantitative estimate of drug-likeness (QED) is 0.426. The first-order valence-electron chi connectivity index (χ1n) is 11.7. The maximum absolute atomic E-state index is 13.5. The van der Waals surface area contributed by atoms with Gasteiger partial charge in [-0.15, -0.1) is 0 Å². The molecule has 0 aromatic heterocycles. The van der Waals surface area contributed by atoms with E-state index in [1.54, 1.807) is 24.3 Å². The van der Waals surface area contributed by atoms with E-state index in [2.05, 4.69) is 5.32 Å². The number of nitrogens with zero attached hydrogens (tertiary/aromatic N) is 1. The highest BCUT2D eigenvalue weighted by atomic mass is 35.5. The Hall–Kier alpha value is -3.97. The first-order valence-corrected chi connectivity index (χ1v) is 12.1. The highest BCUT2D eigenvalue weighted by molar-refractivity contribution is 6.33. The predicted octanol–water partition coefficient (Wildman–Crippen LogP) is 3.71. The van der Waals surface area contributed by atoms with E-state index in [1.807, 2.05) is 48.5 Å². The summed E-state index contributed by atoms with van der Waals surface area (Å²) in [5.41, 5.74) is 4.63. The number of carbonyl (C=O) groups excluding carboxylic acids is 4. The fourth-order valence-corrected chi connectivity index (χ4v) is 6.15. The minimum absolute atomic E-state index is 0.244. The molecule has 7 rings (SSSR count). The maximum Gasteiger partial charge on any atom is 0.326 e. The third kappa shape index (κ3) is 3.42. The summed E-state index contributed by atoms with van der Waals surface area (Å²) in [6.45, 7) is -1.09. The second-order valence-electron chi connectivity index (χ2n) is 9.22. The Labute approximate surface area is 212 Å². The van der Waals surface area contributed by atoms with Gasteiger partial charge in [-0.05, 0) is 34.4 Å². The first kappa shape index (κ1) is 22.5. The van der Waals surface area contributed by atoms with Gasteiger partial charge in [0.2, 0.25) is 11.8 Å². The van der Waals surface area contributed by atoms with Crippen molar-refractivity contribution in [2.75, 3.05) is 18.5 Å². The lowest BCUT2D eigenvalue weighted by molar-refractivity contribution is -0.154. The van der Waals surface area contributed by atoms with Crippen molar-refractivity contribution in [2.45, 2.75) is 11.8 Å². The van der Waals surface area contributed by atoms with Crippen LogP contribution in [0.25, 0.3) is 0 Å². The van der Waals surface area contributed by atoms with Crippen LogP contribution in [0.2, 0.25) is 5.02 Å². The molecule has 1 heterocycles. The number of esters is 1. The number of likely N-dealkylation sites (tertiary alicyclic amines) is 1. The third-order valence-electron chi connectivity index (χ3n) is 7.34. The summed E-state index contributed by atoms with van der Waals surface area (Å²) in [6, 6.07) is 22.5. The van der Waals surface area contributed by atoms with Gasteiger partial charge >= 0.3 is 5.97 Å². The molecule has 36 heavy (non-hydrogen) atoms. The van der Waals surface area contributed by atoms with Crippen molar-refractivity contribution < 1.29 is 23.9 Å². The highest BCUT2D eigenvalue weighted by Crippen LogP contribution is 2.60. The second-order valence-corrected chi connectivity index (χ2v) is 9.62. The van der Waals surface area contributed by atoms with Crippen molar-refractivity contribution in [1.29, 1.82) is 0 Å². The zero-order valence-electron chi connectivity index (χ0n) is 19.0. The molecule has 3 aromatic carbocycles. The molecule has 8 heteroatoms. The van der Waals surface area contributed by atoms with Crippen LogP contribution in [0, 0.1) is 11.8 Å².